The van der Waals surface area contributed by atoms with Crippen LogP contribution in [-0.2, 0) is 14.9 Å². The maximum Gasteiger partial charge on any atom is 0.203 e. The van der Waals surface area contributed by atoms with Crippen molar-refractivity contribution in [1.29, 1.82) is 0 Å². The quantitative estimate of drug-likeness (QED) is 0.799. The molecule has 2 aromatic carbocycles. The van der Waals surface area contributed by atoms with Gasteiger partial charge in [-0.25, -0.2) is 8.42 Å². The highest BCUT2D eigenvalue weighted by atomic mass is 35.5. The van der Waals surface area contributed by atoms with Gasteiger partial charge in [-0.3, -0.25) is 5.11 Å². The molecule has 5 heteroatoms. The first-order chi connectivity index (χ1) is 9.35. The highest BCUT2D eigenvalue weighted by Crippen LogP contribution is 2.38. The van der Waals surface area contributed by atoms with Gasteiger partial charge in [0.15, 0.2) is 10.5 Å². The molecule has 3 nitrogen and oxygen atoms in total. The lowest BCUT2D eigenvalue weighted by molar-refractivity contribution is 0.339. The van der Waals surface area contributed by atoms with Crippen LogP contribution in [0.3, 0.4) is 0 Å². The molecular weight excluding hydrogens is 296 g/mol. The number of sulfone groups is 1. The van der Waals surface area contributed by atoms with Gasteiger partial charge in [-0.15, -0.1) is 0 Å². The Balaban J connectivity index is 2.54. The van der Waals surface area contributed by atoms with Crippen molar-refractivity contribution in [1.82, 2.24) is 0 Å². The summed E-state index contributed by atoms with van der Waals surface area (Å²) in [5.74, 6) is -0.480. The van der Waals surface area contributed by atoms with Crippen LogP contribution in [-0.4, -0.2) is 8.42 Å². The second-order valence-electron chi connectivity index (χ2n) is 4.61. The molecule has 0 saturated heterocycles. The maximum atomic E-state index is 12.5. The van der Waals surface area contributed by atoms with Gasteiger partial charge in [-0.2, -0.15) is 0 Å². The van der Waals surface area contributed by atoms with E-state index in [0.29, 0.717) is 11.1 Å². The topological polar surface area (TPSA) is 54.0 Å². The monoisotopic (exact) mass is 309 g/mol. The molecule has 0 N–H and O–H groups in total. The molecule has 1 unspecified atom stereocenters. The molecule has 0 bridgehead atoms. The van der Waals surface area contributed by atoms with Gasteiger partial charge in [0.05, 0.1) is 0 Å². The van der Waals surface area contributed by atoms with E-state index in [1.54, 1.807) is 50.2 Å². The molecule has 2 aromatic rings. The zero-order valence-electron chi connectivity index (χ0n) is 11.1. The van der Waals surface area contributed by atoms with E-state index in [9.17, 15) is 13.5 Å². The first-order valence-corrected chi connectivity index (χ1v) is 8.04. The van der Waals surface area contributed by atoms with Crippen molar-refractivity contribution in [3.8, 4) is 5.75 Å². The van der Waals surface area contributed by atoms with E-state index in [4.69, 9.17) is 11.6 Å². The molecule has 20 heavy (non-hydrogen) atoms. The molecule has 0 saturated carbocycles. The first kappa shape index (κ1) is 14.9. The molecule has 105 valence electrons. The number of alkyl halides is 1. The average Bonchev–Trinajstić information content (AvgIpc) is 2.44. The van der Waals surface area contributed by atoms with Crippen LogP contribution in [0.2, 0.25) is 0 Å². The number of halogens is 1. The molecule has 0 heterocycles. The third-order valence-corrected chi connectivity index (χ3v) is 5.99. The molecule has 0 aliphatic carbocycles. The van der Waals surface area contributed by atoms with Crippen LogP contribution in [0.25, 0.3) is 0 Å². The minimum atomic E-state index is -3.91. The van der Waals surface area contributed by atoms with Crippen LogP contribution in [0.5, 0.6) is 5.75 Å². The van der Waals surface area contributed by atoms with Gasteiger partial charge in [0.2, 0.25) is 9.84 Å². The zero-order chi connectivity index (χ0) is 14.9. The molecule has 0 aliphatic heterocycles. The van der Waals surface area contributed by atoms with E-state index in [-0.39, 0.29) is 4.90 Å². The van der Waals surface area contributed by atoms with E-state index in [1.165, 1.54) is 6.07 Å². The third-order valence-electron chi connectivity index (χ3n) is 3.28. The summed E-state index contributed by atoms with van der Waals surface area (Å²) in [5.41, 5.74) is 1.65. The number of benzene rings is 2. The summed E-state index contributed by atoms with van der Waals surface area (Å²) in [6.45, 7) is 3.38. The predicted octanol–water partition coefficient (Wildman–Crippen LogP) is 4.16. The first-order valence-electron chi connectivity index (χ1n) is 6.06. The van der Waals surface area contributed by atoms with Gasteiger partial charge in [0.1, 0.15) is 4.90 Å². The number of hydrogen-bond acceptors (Lipinski definition) is 2. The van der Waals surface area contributed by atoms with Crippen LogP contribution in [0, 0.1) is 13.8 Å². The normalized spacial score (nSPS) is 13.2. The summed E-state index contributed by atoms with van der Waals surface area (Å²) >= 11 is 6.07. The summed E-state index contributed by atoms with van der Waals surface area (Å²) < 4.78 is 23.7. The summed E-state index contributed by atoms with van der Waals surface area (Å²) in [7, 11) is -3.91. The van der Waals surface area contributed by atoms with Crippen LogP contribution < -0.4 is 0 Å². The maximum absolute atomic E-state index is 12.5. The molecule has 2 rings (SSSR count). The second kappa shape index (κ2) is 5.46. The van der Waals surface area contributed by atoms with Crippen molar-refractivity contribution in [3.63, 3.8) is 0 Å². The second-order valence-corrected chi connectivity index (χ2v) is 7.30. The van der Waals surface area contributed by atoms with Gasteiger partial charge in [-0.05, 0) is 31.0 Å². The van der Waals surface area contributed by atoms with Crippen molar-refractivity contribution in [2.24, 2.45) is 0 Å². The van der Waals surface area contributed by atoms with Gasteiger partial charge in [0.25, 0.3) is 0 Å². The summed E-state index contributed by atoms with van der Waals surface area (Å²) in [5, 5.41) is 12.1. The Labute approximate surface area is 123 Å². The Morgan fingerprint density at radius 2 is 1.60 bits per heavy atom. The number of aryl methyl sites for hydroxylation is 1. The molecule has 1 atom stereocenters. The predicted molar refractivity (Wildman–Crippen MR) is 78.3 cm³/mol. The van der Waals surface area contributed by atoms with Crippen LogP contribution in [0.15, 0.2) is 47.4 Å². The van der Waals surface area contributed by atoms with Gasteiger partial charge in [0, 0.05) is 5.56 Å². The Hall–Kier alpha value is -1.52. The molecular formula is C15H14ClO3S. The Morgan fingerprint density at radius 1 is 1.00 bits per heavy atom. The zero-order valence-corrected chi connectivity index (χ0v) is 12.7. The van der Waals surface area contributed by atoms with Gasteiger partial charge >= 0.3 is 0 Å². The SMILES string of the molecule is Cc1ccc(S(=O)(=O)C(Cl)c2ccccc2)c([O])c1C. The standard InChI is InChI=1S/C15H14ClO3S/c1-10-8-9-13(14(17)11(10)2)20(18,19)15(16)12-6-4-3-5-7-12/h3-9,15H,1-2H3. The number of rotatable bonds is 3. The van der Waals surface area contributed by atoms with Crippen molar-refractivity contribution < 1.29 is 13.5 Å². The van der Waals surface area contributed by atoms with Crippen LogP contribution in [0.1, 0.15) is 21.4 Å². The largest absolute Gasteiger partial charge is 0.288 e. The molecule has 0 aliphatic rings. The van der Waals surface area contributed by atoms with Gasteiger partial charge < -0.3 is 0 Å². The Morgan fingerprint density at radius 3 is 2.20 bits per heavy atom. The summed E-state index contributed by atoms with van der Waals surface area (Å²) in [6, 6.07) is 11.4. The minimum Gasteiger partial charge on any atom is -0.288 e. The van der Waals surface area contributed by atoms with E-state index < -0.39 is 20.3 Å². The fourth-order valence-corrected chi connectivity index (χ4v) is 3.73. The molecule has 0 fully saturated rings. The summed E-state index contributed by atoms with van der Waals surface area (Å²) in [6.07, 6.45) is 0. The Kier molecular flexibility index (Phi) is 4.06. The smallest absolute Gasteiger partial charge is 0.203 e. The van der Waals surface area contributed by atoms with E-state index in [1.807, 2.05) is 0 Å². The van der Waals surface area contributed by atoms with Crippen molar-refractivity contribution >= 4 is 21.4 Å². The third kappa shape index (κ3) is 2.53. The average molecular weight is 310 g/mol. The van der Waals surface area contributed by atoms with Crippen LogP contribution in [0.4, 0.5) is 0 Å². The van der Waals surface area contributed by atoms with Crippen molar-refractivity contribution in [3.05, 3.63) is 59.2 Å². The lowest BCUT2D eigenvalue weighted by atomic mass is 10.1. The fraction of sp³-hybridized carbons (Fsp3) is 0.200. The number of hydrogen-bond donors (Lipinski definition) is 0. The fourth-order valence-electron chi connectivity index (χ4n) is 1.88. The van der Waals surface area contributed by atoms with E-state index in [0.717, 1.165) is 5.56 Å². The Bertz CT molecular complexity index is 724. The van der Waals surface area contributed by atoms with E-state index in [2.05, 4.69) is 0 Å². The molecule has 0 amide bonds. The molecule has 0 spiro atoms. The summed E-state index contributed by atoms with van der Waals surface area (Å²) in [4.78, 5) is -0.246. The van der Waals surface area contributed by atoms with Crippen molar-refractivity contribution in [2.75, 3.05) is 0 Å². The van der Waals surface area contributed by atoms with E-state index >= 15 is 0 Å². The highest BCUT2D eigenvalue weighted by Gasteiger charge is 2.31. The lowest BCUT2D eigenvalue weighted by Crippen LogP contribution is -2.09. The van der Waals surface area contributed by atoms with Gasteiger partial charge in [-0.1, -0.05) is 48.0 Å². The van der Waals surface area contributed by atoms with Crippen molar-refractivity contribution in [2.45, 2.75) is 23.5 Å². The molecule has 1 radical (unpaired) electrons. The lowest BCUT2D eigenvalue weighted by Gasteiger charge is -2.13. The van der Waals surface area contributed by atoms with Crippen LogP contribution >= 0.6 is 11.6 Å². The molecule has 0 aromatic heterocycles. The highest BCUT2D eigenvalue weighted by molar-refractivity contribution is 7.93. The minimum absolute atomic E-state index is 0.246.